The highest BCUT2D eigenvalue weighted by atomic mass is 19.2. The Hall–Kier alpha value is -1.45. The minimum atomic E-state index is -1.02. The average Bonchev–Trinajstić information content (AvgIpc) is 3.00. The Labute approximate surface area is 124 Å². The lowest BCUT2D eigenvalue weighted by Gasteiger charge is -2.34. The molecule has 1 atom stereocenters. The highest BCUT2D eigenvalue weighted by molar-refractivity contribution is 5.94. The minimum absolute atomic E-state index is 0.127. The van der Waals surface area contributed by atoms with Gasteiger partial charge in [-0.15, -0.1) is 0 Å². The molecule has 0 radical (unpaired) electrons. The Morgan fingerprint density at radius 1 is 1.05 bits per heavy atom. The zero-order chi connectivity index (χ0) is 14.8. The zero-order valence-electron chi connectivity index (χ0n) is 12.2. The van der Waals surface area contributed by atoms with Gasteiger partial charge < -0.3 is 4.90 Å². The van der Waals surface area contributed by atoms with Crippen molar-refractivity contribution in [2.75, 3.05) is 6.54 Å². The second kappa shape index (κ2) is 6.12. The van der Waals surface area contributed by atoms with Gasteiger partial charge in [-0.1, -0.05) is 25.3 Å². The first kappa shape index (κ1) is 14.5. The summed E-state index contributed by atoms with van der Waals surface area (Å²) in [6, 6.07) is 4.05. The molecule has 1 aromatic rings. The predicted octanol–water partition coefficient (Wildman–Crippen LogP) is 4.15. The normalized spacial score (nSPS) is 23.5. The molecule has 1 heterocycles. The van der Waals surface area contributed by atoms with E-state index in [-0.39, 0.29) is 17.5 Å². The maximum absolute atomic E-state index is 13.9. The zero-order valence-corrected chi connectivity index (χ0v) is 12.2. The number of amides is 1. The molecule has 0 aromatic heterocycles. The van der Waals surface area contributed by atoms with Gasteiger partial charge in [-0.3, -0.25) is 4.79 Å². The largest absolute Gasteiger partial charge is 0.335 e. The second-order valence-corrected chi connectivity index (χ2v) is 6.21. The van der Waals surface area contributed by atoms with E-state index in [0.717, 1.165) is 31.7 Å². The van der Waals surface area contributed by atoms with Gasteiger partial charge >= 0.3 is 0 Å². The smallest absolute Gasteiger partial charge is 0.257 e. The molecule has 1 aromatic carbocycles. The topological polar surface area (TPSA) is 20.3 Å². The van der Waals surface area contributed by atoms with Crippen molar-refractivity contribution >= 4 is 5.91 Å². The first-order valence-corrected chi connectivity index (χ1v) is 7.93. The van der Waals surface area contributed by atoms with Crippen LogP contribution in [0, 0.1) is 17.6 Å². The number of carbonyl (C=O) groups is 1. The van der Waals surface area contributed by atoms with Crippen LogP contribution < -0.4 is 0 Å². The van der Waals surface area contributed by atoms with Crippen LogP contribution in [0.5, 0.6) is 0 Å². The third-order valence-electron chi connectivity index (χ3n) is 4.94. The molecule has 1 unspecified atom stereocenters. The van der Waals surface area contributed by atoms with Gasteiger partial charge in [0, 0.05) is 12.6 Å². The SMILES string of the molecule is O=C(c1cccc(F)c1F)N1CCCC1C1CCCCC1. The van der Waals surface area contributed by atoms with Crippen molar-refractivity contribution in [1.29, 1.82) is 0 Å². The van der Waals surface area contributed by atoms with Gasteiger partial charge in [-0.2, -0.15) is 0 Å². The summed E-state index contributed by atoms with van der Waals surface area (Å²) in [4.78, 5) is 14.4. The summed E-state index contributed by atoms with van der Waals surface area (Å²) < 4.78 is 27.2. The number of carbonyl (C=O) groups excluding carboxylic acids is 1. The van der Waals surface area contributed by atoms with Crippen molar-refractivity contribution in [2.24, 2.45) is 5.92 Å². The molecule has 1 amide bonds. The van der Waals surface area contributed by atoms with Gasteiger partial charge in [0.05, 0.1) is 5.56 Å². The third-order valence-corrected chi connectivity index (χ3v) is 4.94. The van der Waals surface area contributed by atoms with Gasteiger partial charge in [0.15, 0.2) is 11.6 Å². The van der Waals surface area contributed by atoms with Gasteiger partial charge in [0.1, 0.15) is 0 Å². The van der Waals surface area contributed by atoms with Crippen molar-refractivity contribution in [3.8, 4) is 0 Å². The molecule has 2 nitrogen and oxygen atoms in total. The lowest BCUT2D eigenvalue weighted by Crippen LogP contribution is -2.41. The first-order chi connectivity index (χ1) is 10.2. The molecule has 1 saturated heterocycles. The van der Waals surface area contributed by atoms with E-state index in [4.69, 9.17) is 0 Å². The number of likely N-dealkylation sites (tertiary alicyclic amines) is 1. The van der Waals surface area contributed by atoms with Crippen LogP contribution in [0.1, 0.15) is 55.3 Å². The number of halogens is 2. The first-order valence-electron chi connectivity index (χ1n) is 7.93. The average molecular weight is 293 g/mol. The molecule has 0 bridgehead atoms. The monoisotopic (exact) mass is 293 g/mol. The van der Waals surface area contributed by atoms with E-state index in [9.17, 15) is 13.6 Å². The van der Waals surface area contributed by atoms with Gasteiger partial charge in [0.25, 0.3) is 5.91 Å². The molecular weight excluding hydrogens is 272 g/mol. The van der Waals surface area contributed by atoms with Gasteiger partial charge in [-0.05, 0) is 43.7 Å². The molecular formula is C17H21F2NO. The number of nitrogens with zero attached hydrogens (tertiary/aromatic N) is 1. The van der Waals surface area contributed by atoms with Crippen LogP contribution in [0.4, 0.5) is 8.78 Å². The van der Waals surface area contributed by atoms with Crippen molar-refractivity contribution in [1.82, 2.24) is 4.90 Å². The highest BCUT2D eigenvalue weighted by Gasteiger charge is 2.36. The number of hydrogen-bond donors (Lipinski definition) is 0. The molecule has 1 aliphatic carbocycles. The summed E-state index contributed by atoms with van der Waals surface area (Å²) >= 11 is 0. The Bertz CT molecular complexity index is 526. The van der Waals surface area contributed by atoms with Crippen LogP contribution in [-0.4, -0.2) is 23.4 Å². The fourth-order valence-corrected chi connectivity index (χ4v) is 3.88. The molecule has 0 N–H and O–H groups in total. The molecule has 1 saturated carbocycles. The number of hydrogen-bond acceptors (Lipinski definition) is 1. The summed E-state index contributed by atoms with van der Waals surface area (Å²) in [7, 11) is 0. The van der Waals surface area contributed by atoms with E-state index >= 15 is 0 Å². The van der Waals surface area contributed by atoms with E-state index in [1.54, 1.807) is 4.90 Å². The molecule has 114 valence electrons. The van der Waals surface area contributed by atoms with Crippen LogP contribution in [0.25, 0.3) is 0 Å². The standard InChI is InChI=1S/C17H21F2NO/c18-14-9-4-8-13(16(14)19)17(21)20-11-5-10-15(20)12-6-2-1-3-7-12/h4,8-9,12,15H,1-3,5-7,10-11H2. The molecule has 2 fully saturated rings. The summed E-state index contributed by atoms with van der Waals surface area (Å²) in [6.07, 6.45) is 7.97. The predicted molar refractivity (Wildman–Crippen MR) is 77.0 cm³/mol. The van der Waals surface area contributed by atoms with Crippen LogP contribution in [0.15, 0.2) is 18.2 Å². The number of rotatable bonds is 2. The summed E-state index contributed by atoms with van der Waals surface area (Å²) in [6.45, 7) is 0.663. The number of benzene rings is 1. The van der Waals surface area contributed by atoms with E-state index in [0.29, 0.717) is 12.5 Å². The maximum atomic E-state index is 13.9. The Kier molecular flexibility index (Phi) is 4.22. The van der Waals surface area contributed by atoms with Gasteiger partial charge in [0.2, 0.25) is 0 Å². The Morgan fingerprint density at radius 3 is 2.57 bits per heavy atom. The van der Waals surface area contributed by atoms with Gasteiger partial charge in [-0.25, -0.2) is 8.78 Å². The van der Waals surface area contributed by atoms with Crippen LogP contribution >= 0.6 is 0 Å². The summed E-state index contributed by atoms with van der Waals surface area (Å²) in [5.41, 5.74) is -0.127. The second-order valence-electron chi connectivity index (χ2n) is 6.21. The molecule has 2 aliphatic rings. The van der Waals surface area contributed by atoms with E-state index < -0.39 is 11.6 Å². The lowest BCUT2D eigenvalue weighted by molar-refractivity contribution is 0.0655. The van der Waals surface area contributed by atoms with Crippen molar-refractivity contribution < 1.29 is 13.6 Å². The molecule has 1 aliphatic heterocycles. The van der Waals surface area contributed by atoms with Crippen LogP contribution in [0.3, 0.4) is 0 Å². The van der Waals surface area contributed by atoms with E-state index in [1.807, 2.05) is 0 Å². The minimum Gasteiger partial charge on any atom is -0.335 e. The molecule has 21 heavy (non-hydrogen) atoms. The Balaban J connectivity index is 1.81. The molecule has 0 spiro atoms. The van der Waals surface area contributed by atoms with E-state index in [2.05, 4.69) is 0 Å². The molecule has 4 heteroatoms. The van der Waals surface area contributed by atoms with Crippen LogP contribution in [0.2, 0.25) is 0 Å². The summed E-state index contributed by atoms with van der Waals surface area (Å²) in [5, 5.41) is 0. The van der Waals surface area contributed by atoms with Crippen molar-refractivity contribution in [3.05, 3.63) is 35.4 Å². The third kappa shape index (κ3) is 2.81. The van der Waals surface area contributed by atoms with Crippen molar-refractivity contribution in [3.63, 3.8) is 0 Å². The van der Waals surface area contributed by atoms with Crippen molar-refractivity contribution in [2.45, 2.75) is 51.0 Å². The highest BCUT2D eigenvalue weighted by Crippen LogP contribution is 2.35. The maximum Gasteiger partial charge on any atom is 0.257 e. The van der Waals surface area contributed by atoms with E-state index in [1.165, 1.54) is 31.4 Å². The lowest BCUT2D eigenvalue weighted by atomic mass is 9.83. The molecule has 3 rings (SSSR count). The fraction of sp³-hybridized carbons (Fsp3) is 0.588. The summed E-state index contributed by atoms with van der Waals surface area (Å²) in [5.74, 6) is -1.78. The fourth-order valence-electron chi connectivity index (χ4n) is 3.88. The Morgan fingerprint density at radius 2 is 1.81 bits per heavy atom. The van der Waals surface area contributed by atoms with Crippen LogP contribution in [-0.2, 0) is 0 Å². The quantitative estimate of drug-likeness (QED) is 0.802.